The third-order valence-corrected chi connectivity index (χ3v) is 8.65. The Balaban J connectivity index is 1.69. The van der Waals surface area contributed by atoms with Gasteiger partial charge in [0.15, 0.2) is 5.16 Å². The number of hydrogen-bond acceptors (Lipinski definition) is 5. The maximum absolute atomic E-state index is 12.9. The van der Waals surface area contributed by atoms with E-state index in [1.54, 1.807) is 23.9 Å². The average Bonchev–Trinajstić information content (AvgIpc) is 3.34. The number of aryl methyl sites for hydroxylation is 1. The van der Waals surface area contributed by atoms with Crippen LogP contribution in [-0.4, -0.2) is 39.8 Å². The summed E-state index contributed by atoms with van der Waals surface area (Å²) in [7, 11) is -3.54. The van der Waals surface area contributed by atoms with Gasteiger partial charge in [-0.3, -0.25) is 0 Å². The summed E-state index contributed by atoms with van der Waals surface area (Å²) in [5.41, 5.74) is 4.06. The number of aromatic nitrogens is 3. The van der Waals surface area contributed by atoms with E-state index < -0.39 is 10.0 Å². The average molecular weight is 468 g/mol. The number of pyridine rings is 1. The Bertz CT molecular complexity index is 1430. The van der Waals surface area contributed by atoms with E-state index in [-0.39, 0.29) is 4.90 Å². The SMILES string of the molecule is CCN(CC)S(=O)(=O)c1ccc2c(c1)nc(SCc1cn3ccccc3c1C#N)n2CC. The predicted molar refractivity (Wildman–Crippen MR) is 127 cm³/mol. The molecule has 0 amide bonds. The summed E-state index contributed by atoms with van der Waals surface area (Å²) in [6.45, 7) is 7.27. The lowest BCUT2D eigenvalue weighted by molar-refractivity contribution is 0.445. The predicted octanol–water partition coefficient (Wildman–Crippen LogP) is 4.50. The first-order chi connectivity index (χ1) is 15.4. The van der Waals surface area contributed by atoms with Crippen LogP contribution in [0.2, 0.25) is 0 Å². The van der Waals surface area contributed by atoms with Crippen molar-refractivity contribution in [1.29, 1.82) is 5.26 Å². The zero-order valence-electron chi connectivity index (χ0n) is 18.3. The van der Waals surface area contributed by atoms with Gasteiger partial charge in [0.1, 0.15) is 6.07 Å². The lowest BCUT2D eigenvalue weighted by Crippen LogP contribution is -2.30. The fraction of sp³-hybridized carbons (Fsp3) is 0.304. The molecular formula is C23H25N5O2S2. The Morgan fingerprint density at radius 2 is 1.91 bits per heavy atom. The van der Waals surface area contributed by atoms with Gasteiger partial charge >= 0.3 is 0 Å². The Morgan fingerprint density at radius 1 is 1.12 bits per heavy atom. The van der Waals surface area contributed by atoms with Gasteiger partial charge in [-0.15, -0.1) is 0 Å². The topological polar surface area (TPSA) is 83.4 Å². The molecule has 0 bridgehead atoms. The van der Waals surface area contributed by atoms with Gasteiger partial charge in [0.05, 0.1) is 27.0 Å². The molecule has 0 saturated carbocycles. The molecule has 0 aliphatic heterocycles. The first-order valence-electron chi connectivity index (χ1n) is 10.6. The van der Waals surface area contributed by atoms with Crippen molar-refractivity contribution in [2.24, 2.45) is 0 Å². The fourth-order valence-electron chi connectivity index (χ4n) is 3.93. The van der Waals surface area contributed by atoms with Crippen LogP contribution in [0.15, 0.2) is 58.8 Å². The van der Waals surface area contributed by atoms with Crippen molar-refractivity contribution in [2.45, 2.75) is 43.1 Å². The summed E-state index contributed by atoms with van der Waals surface area (Å²) < 4.78 is 31.3. The minimum absolute atomic E-state index is 0.261. The smallest absolute Gasteiger partial charge is 0.243 e. The largest absolute Gasteiger partial charge is 0.322 e. The van der Waals surface area contributed by atoms with E-state index in [4.69, 9.17) is 4.98 Å². The maximum Gasteiger partial charge on any atom is 0.243 e. The number of nitrogens with zero attached hydrogens (tertiary/aromatic N) is 5. The highest BCUT2D eigenvalue weighted by molar-refractivity contribution is 7.98. The quantitative estimate of drug-likeness (QED) is 0.356. The van der Waals surface area contributed by atoms with Crippen LogP contribution in [-0.2, 0) is 22.3 Å². The number of hydrogen-bond donors (Lipinski definition) is 0. The number of benzene rings is 1. The van der Waals surface area contributed by atoms with Gasteiger partial charge in [0.25, 0.3) is 0 Å². The molecule has 3 aromatic heterocycles. The highest BCUT2D eigenvalue weighted by Crippen LogP contribution is 2.31. The molecule has 0 radical (unpaired) electrons. The van der Waals surface area contributed by atoms with Crippen molar-refractivity contribution >= 4 is 38.3 Å². The monoisotopic (exact) mass is 467 g/mol. The molecule has 0 N–H and O–H groups in total. The van der Waals surface area contributed by atoms with Crippen molar-refractivity contribution in [3.63, 3.8) is 0 Å². The van der Waals surface area contributed by atoms with Gasteiger partial charge < -0.3 is 8.97 Å². The molecule has 9 heteroatoms. The maximum atomic E-state index is 12.9. The van der Waals surface area contributed by atoms with Gasteiger partial charge in [-0.1, -0.05) is 31.7 Å². The van der Waals surface area contributed by atoms with E-state index >= 15 is 0 Å². The first-order valence-corrected chi connectivity index (χ1v) is 13.0. The van der Waals surface area contributed by atoms with Crippen molar-refractivity contribution in [3.8, 4) is 6.07 Å². The van der Waals surface area contributed by atoms with E-state index in [0.29, 0.717) is 36.5 Å². The Morgan fingerprint density at radius 3 is 2.59 bits per heavy atom. The molecule has 32 heavy (non-hydrogen) atoms. The summed E-state index contributed by atoms with van der Waals surface area (Å²) in [6.07, 6.45) is 3.91. The Labute approximate surface area is 192 Å². The Kier molecular flexibility index (Phi) is 6.29. The molecule has 0 atom stereocenters. The van der Waals surface area contributed by atoms with Crippen LogP contribution in [0.4, 0.5) is 0 Å². The summed E-state index contributed by atoms with van der Waals surface area (Å²) in [5, 5.41) is 10.5. The minimum atomic E-state index is -3.54. The summed E-state index contributed by atoms with van der Waals surface area (Å²) in [4.78, 5) is 5.01. The molecule has 0 unspecified atom stereocenters. The number of sulfonamides is 1. The second-order valence-corrected chi connectivity index (χ2v) is 10.2. The molecular weight excluding hydrogens is 442 g/mol. The van der Waals surface area contributed by atoms with Crippen LogP contribution in [0.25, 0.3) is 16.6 Å². The van der Waals surface area contributed by atoms with Gasteiger partial charge in [-0.25, -0.2) is 13.4 Å². The second kappa shape index (κ2) is 8.98. The molecule has 1 aromatic carbocycles. The first kappa shape index (κ1) is 22.4. The summed E-state index contributed by atoms with van der Waals surface area (Å²) >= 11 is 1.55. The number of thioether (sulfide) groups is 1. The Hall–Kier alpha value is -2.80. The highest BCUT2D eigenvalue weighted by Gasteiger charge is 2.23. The van der Waals surface area contributed by atoms with Crippen LogP contribution < -0.4 is 0 Å². The van der Waals surface area contributed by atoms with Crippen LogP contribution in [0.5, 0.6) is 0 Å². The highest BCUT2D eigenvalue weighted by atomic mass is 32.2. The normalized spacial score (nSPS) is 12.1. The molecule has 3 heterocycles. The molecule has 166 valence electrons. The molecule has 0 aliphatic carbocycles. The van der Waals surface area contributed by atoms with Crippen molar-refractivity contribution < 1.29 is 8.42 Å². The third-order valence-electron chi connectivity index (χ3n) is 5.57. The van der Waals surface area contributed by atoms with Crippen molar-refractivity contribution in [1.82, 2.24) is 18.3 Å². The van der Waals surface area contributed by atoms with Crippen LogP contribution in [0.3, 0.4) is 0 Å². The van der Waals surface area contributed by atoms with E-state index in [9.17, 15) is 13.7 Å². The zero-order valence-corrected chi connectivity index (χ0v) is 19.9. The fourth-order valence-corrected chi connectivity index (χ4v) is 6.46. The van der Waals surface area contributed by atoms with Crippen molar-refractivity contribution in [2.75, 3.05) is 13.1 Å². The number of imidazole rings is 1. The minimum Gasteiger partial charge on any atom is -0.322 e. The number of rotatable bonds is 8. The lowest BCUT2D eigenvalue weighted by Gasteiger charge is -2.18. The van der Waals surface area contributed by atoms with Crippen LogP contribution >= 0.6 is 11.8 Å². The van der Waals surface area contributed by atoms with E-state index in [0.717, 1.165) is 21.8 Å². The molecule has 7 nitrogen and oxygen atoms in total. The molecule has 4 aromatic rings. The molecule has 0 aliphatic rings. The molecule has 0 saturated heterocycles. The van der Waals surface area contributed by atoms with Gasteiger partial charge in [0.2, 0.25) is 10.0 Å². The van der Waals surface area contributed by atoms with Crippen LogP contribution in [0, 0.1) is 11.3 Å². The molecule has 0 spiro atoms. The number of nitriles is 1. The molecule has 4 rings (SSSR count). The molecule has 0 fully saturated rings. The summed E-state index contributed by atoms with van der Waals surface area (Å²) in [6, 6.07) is 13.3. The van der Waals surface area contributed by atoms with Gasteiger partial charge in [-0.2, -0.15) is 9.57 Å². The van der Waals surface area contributed by atoms with E-state index in [1.165, 1.54) is 4.31 Å². The van der Waals surface area contributed by atoms with Gasteiger partial charge in [0, 0.05) is 37.8 Å². The zero-order chi connectivity index (χ0) is 22.9. The summed E-state index contributed by atoms with van der Waals surface area (Å²) in [5.74, 6) is 0.596. The van der Waals surface area contributed by atoms with E-state index in [1.807, 2.05) is 61.8 Å². The van der Waals surface area contributed by atoms with Crippen molar-refractivity contribution in [3.05, 3.63) is 59.9 Å². The number of fused-ring (bicyclic) bond motifs is 2. The standard InChI is InChI=1S/C23H25N5O2S2/c1-4-27(5-2)32(29,30)18-10-11-22-20(13-18)25-23(28(22)6-3)31-16-17-15-26-12-8-7-9-21(26)19(17)14-24/h7-13,15H,4-6,16H2,1-3H3. The van der Waals surface area contributed by atoms with E-state index in [2.05, 4.69) is 10.6 Å². The van der Waals surface area contributed by atoms with Gasteiger partial charge in [-0.05, 0) is 42.8 Å². The lowest BCUT2D eigenvalue weighted by atomic mass is 10.2. The second-order valence-electron chi connectivity index (χ2n) is 7.30. The third kappa shape index (κ3) is 3.79. The van der Waals surface area contributed by atoms with Crippen LogP contribution in [0.1, 0.15) is 31.9 Å².